The van der Waals surface area contributed by atoms with Gasteiger partial charge in [0.25, 0.3) is 0 Å². The third kappa shape index (κ3) is 3.01. The molecule has 1 saturated heterocycles. The van der Waals surface area contributed by atoms with E-state index in [1.165, 1.54) is 12.8 Å². The standard InChI is InChI=1S/C14H22N2O3/c17-13(18)11-2-1-7-15(9-11)14(19)16(12-5-6-12)8-10-3-4-10/h10-12H,1-9H2,(H,17,18)/t11-/m1/s1. The zero-order chi connectivity index (χ0) is 13.4. The number of piperidine rings is 1. The van der Waals surface area contributed by atoms with Crippen molar-refractivity contribution in [1.29, 1.82) is 0 Å². The molecule has 106 valence electrons. The van der Waals surface area contributed by atoms with Crippen molar-refractivity contribution in [3.63, 3.8) is 0 Å². The van der Waals surface area contributed by atoms with Gasteiger partial charge in [0.05, 0.1) is 5.92 Å². The molecule has 0 aromatic rings. The van der Waals surface area contributed by atoms with Crippen LogP contribution in [-0.4, -0.2) is 52.6 Å². The molecule has 0 bridgehead atoms. The van der Waals surface area contributed by atoms with Gasteiger partial charge in [0.2, 0.25) is 0 Å². The van der Waals surface area contributed by atoms with Crippen molar-refractivity contribution in [2.75, 3.05) is 19.6 Å². The molecule has 19 heavy (non-hydrogen) atoms. The number of hydrogen-bond donors (Lipinski definition) is 1. The van der Waals surface area contributed by atoms with Gasteiger partial charge in [-0.2, -0.15) is 0 Å². The van der Waals surface area contributed by atoms with Crippen molar-refractivity contribution in [2.24, 2.45) is 11.8 Å². The molecule has 3 rings (SSSR count). The number of carbonyl (C=O) groups excluding carboxylic acids is 1. The van der Waals surface area contributed by atoms with Crippen molar-refractivity contribution < 1.29 is 14.7 Å². The van der Waals surface area contributed by atoms with Crippen molar-refractivity contribution in [1.82, 2.24) is 9.80 Å². The second-order valence-corrected chi connectivity index (χ2v) is 6.23. The molecule has 1 aliphatic heterocycles. The highest BCUT2D eigenvalue weighted by molar-refractivity contribution is 5.77. The fourth-order valence-corrected chi connectivity index (χ4v) is 2.88. The fraction of sp³-hybridized carbons (Fsp3) is 0.857. The van der Waals surface area contributed by atoms with Crippen molar-refractivity contribution in [3.05, 3.63) is 0 Å². The number of amides is 2. The van der Waals surface area contributed by atoms with Crippen LogP contribution < -0.4 is 0 Å². The number of carboxylic acid groups (broad SMARTS) is 1. The number of carboxylic acids is 1. The van der Waals surface area contributed by atoms with E-state index in [4.69, 9.17) is 5.11 Å². The smallest absolute Gasteiger partial charge is 0.320 e. The molecular weight excluding hydrogens is 244 g/mol. The normalized spacial score (nSPS) is 27.2. The molecule has 1 heterocycles. The maximum absolute atomic E-state index is 12.6. The minimum atomic E-state index is -0.766. The van der Waals surface area contributed by atoms with Crippen LogP contribution in [-0.2, 0) is 4.79 Å². The number of aliphatic carboxylic acids is 1. The average molecular weight is 266 g/mol. The minimum Gasteiger partial charge on any atom is -0.481 e. The van der Waals surface area contributed by atoms with Crippen molar-refractivity contribution in [2.45, 2.75) is 44.6 Å². The van der Waals surface area contributed by atoms with Crippen LogP contribution in [0, 0.1) is 11.8 Å². The van der Waals surface area contributed by atoms with Crippen molar-refractivity contribution >= 4 is 12.0 Å². The summed E-state index contributed by atoms with van der Waals surface area (Å²) in [6, 6.07) is 0.513. The third-order valence-electron chi connectivity index (χ3n) is 4.43. The highest BCUT2D eigenvalue weighted by atomic mass is 16.4. The first-order chi connectivity index (χ1) is 9.15. The van der Waals surface area contributed by atoms with Gasteiger partial charge in [-0.05, 0) is 44.4 Å². The summed E-state index contributed by atoms with van der Waals surface area (Å²) in [7, 11) is 0. The summed E-state index contributed by atoms with van der Waals surface area (Å²) >= 11 is 0. The number of urea groups is 1. The van der Waals surface area contributed by atoms with Crippen LogP contribution >= 0.6 is 0 Å². The number of nitrogens with zero attached hydrogens (tertiary/aromatic N) is 2. The highest BCUT2D eigenvalue weighted by Crippen LogP contribution is 2.35. The molecular formula is C14H22N2O3. The molecule has 0 unspecified atom stereocenters. The Labute approximate surface area is 113 Å². The van der Waals surface area contributed by atoms with Crippen LogP contribution in [0.15, 0.2) is 0 Å². The molecule has 0 spiro atoms. The lowest BCUT2D eigenvalue weighted by molar-refractivity contribution is -0.143. The van der Waals surface area contributed by atoms with E-state index in [-0.39, 0.29) is 11.9 Å². The van der Waals surface area contributed by atoms with Crippen LogP contribution in [0.2, 0.25) is 0 Å². The largest absolute Gasteiger partial charge is 0.481 e. The topological polar surface area (TPSA) is 60.9 Å². The molecule has 2 saturated carbocycles. The lowest BCUT2D eigenvalue weighted by Gasteiger charge is -2.35. The van der Waals surface area contributed by atoms with Crippen LogP contribution in [0.3, 0.4) is 0 Å². The Bertz CT molecular complexity index is 377. The summed E-state index contributed by atoms with van der Waals surface area (Å²) in [5.41, 5.74) is 0. The summed E-state index contributed by atoms with van der Waals surface area (Å²) in [5.74, 6) is -0.443. The Morgan fingerprint density at radius 1 is 1.16 bits per heavy atom. The number of likely N-dealkylation sites (tertiary alicyclic amines) is 1. The average Bonchev–Trinajstić information content (AvgIpc) is 3.27. The molecule has 2 amide bonds. The van der Waals surface area contributed by atoms with E-state index in [0.717, 1.165) is 32.4 Å². The third-order valence-corrected chi connectivity index (χ3v) is 4.43. The van der Waals surface area contributed by atoms with E-state index in [9.17, 15) is 9.59 Å². The quantitative estimate of drug-likeness (QED) is 0.843. The van der Waals surface area contributed by atoms with Crippen LogP contribution in [0.1, 0.15) is 38.5 Å². The first-order valence-corrected chi connectivity index (χ1v) is 7.43. The maximum Gasteiger partial charge on any atom is 0.320 e. The van der Waals surface area contributed by atoms with Crippen molar-refractivity contribution in [3.8, 4) is 0 Å². The van der Waals surface area contributed by atoms with Crippen LogP contribution in [0.25, 0.3) is 0 Å². The zero-order valence-electron chi connectivity index (χ0n) is 11.3. The molecule has 5 nitrogen and oxygen atoms in total. The van der Waals surface area contributed by atoms with Gasteiger partial charge in [0.15, 0.2) is 0 Å². The molecule has 0 aromatic carbocycles. The van der Waals surface area contributed by atoms with Crippen LogP contribution in [0.4, 0.5) is 4.79 Å². The Hall–Kier alpha value is -1.26. The monoisotopic (exact) mass is 266 g/mol. The fourth-order valence-electron chi connectivity index (χ4n) is 2.88. The van der Waals surface area contributed by atoms with Gasteiger partial charge in [-0.15, -0.1) is 0 Å². The van der Waals surface area contributed by atoms with Gasteiger partial charge in [-0.25, -0.2) is 4.79 Å². The number of rotatable bonds is 4. The second kappa shape index (κ2) is 5.02. The van der Waals surface area contributed by atoms with Gasteiger partial charge in [0.1, 0.15) is 0 Å². The van der Waals surface area contributed by atoms with E-state index >= 15 is 0 Å². The van der Waals surface area contributed by atoms with Gasteiger partial charge < -0.3 is 14.9 Å². The first-order valence-electron chi connectivity index (χ1n) is 7.43. The summed E-state index contributed by atoms with van der Waals surface area (Å²) in [6.45, 7) is 2.00. The zero-order valence-corrected chi connectivity index (χ0v) is 11.3. The van der Waals surface area contributed by atoms with E-state index in [2.05, 4.69) is 0 Å². The predicted octanol–water partition coefficient (Wildman–Crippen LogP) is 1.78. The highest BCUT2D eigenvalue weighted by Gasteiger charge is 2.39. The van der Waals surface area contributed by atoms with Gasteiger partial charge in [0, 0.05) is 25.7 Å². The Balaban J connectivity index is 1.61. The van der Waals surface area contributed by atoms with E-state index in [0.29, 0.717) is 24.9 Å². The lowest BCUT2D eigenvalue weighted by Crippen LogP contribution is -2.50. The minimum absolute atomic E-state index is 0.0837. The van der Waals surface area contributed by atoms with Gasteiger partial charge in [-0.1, -0.05) is 0 Å². The molecule has 3 aliphatic rings. The predicted molar refractivity (Wildman–Crippen MR) is 69.8 cm³/mol. The molecule has 1 atom stereocenters. The molecule has 2 aliphatic carbocycles. The van der Waals surface area contributed by atoms with E-state index in [1.807, 2.05) is 4.90 Å². The van der Waals surface area contributed by atoms with Gasteiger partial charge in [-0.3, -0.25) is 4.79 Å². The summed E-state index contributed by atoms with van der Waals surface area (Å²) in [5, 5.41) is 9.10. The summed E-state index contributed by atoms with van der Waals surface area (Å²) in [4.78, 5) is 27.4. The Kier molecular flexibility index (Phi) is 3.37. The Morgan fingerprint density at radius 3 is 2.47 bits per heavy atom. The number of carbonyl (C=O) groups is 2. The molecule has 3 fully saturated rings. The lowest BCUT2D eigenvalue weighted by atomic mass is 9.98. The molecule has 0 aromatic heterocycles. The second-order valence-electron chi connectivity index (χ2n) is 6.23. The van der Waals surface area contributed by atoms with Gasteiger partial charge >= 0.3 is 12.0 Å². The SMILES string of the molecule is O=C(O)[C@@H]1CCCN(C(=O)N(CC2CC2)C2CC2)C1. The van der Waals surface area contributed by atoms with E-state index in [1.54, 1.807) is 4.90 Å². The summed E-state index contributed by atoms with van der Waals surface area (Å²) in [6.07, 6.45) is 6.24. The molecule has 1 N–H and O–H groups in total. The molecule has 5 heteroatoms. The van der Waals surface area contributed by atoms with Crippen LogP contribution in [0.5, 0.6) is 0 Å². The van der Waals surface area contributed by atoms with E-state index < -0.39 is 5.97 Å². The first kappa shape index (κ1) is 12.8. The molecule has 0 radical (unpaired) electrons. The summed E-state index contributed by atoms with van der Waals surface area (Å²) < 4.78 is 0. The maximum atomic E-state index is 12.6. The number of hydrogen-bond acceptors (Lipinski definition) is 2. The Morgan fingerprint density at radius 2 is 1.89 bits per heavy atom.